The zero-order chi connectivity index (χ0) is 35.2. The van der Waals surface area contributed by atoms with Crippen LogP contribution in [0.25, 0.3) is 33.5 Å². The van der Waals surface area contributed by atoms with Gasteiger partial charge in [-0.3, -0.25) is 0 Å². The molecule has 17 nitrogen and oxygen atoms in total. The summed E-state index contributed by atoms with van der Waals surface area (Å²) in [5.74, 6) is 0.132. The normalized spacial score (nSPS) is 11.2. The molecule has 6 aromatic rings. The molecule has 0 aliphatic heterocycles. The number of anilines is 1. The molecule has 18 heteroatoms. The number of carbonyl (C=O) groups is 1. The molecule has 2 amide bonds. The second kappa shape index (κ2) is 14.5. The van der Waals surface area contributed by atoms with Gasteiger partial charge in [-0.15, -0.1) is 16.3 Å². The molecular weight excluding hydrogens is 668 g/mol. The first kappa shape index (κ1) is 33.1. The molecule has 5 N–H and O–H groups in total. The molecule has 6 rings (SSSR count). The molecule has 0 aliphatic carbocycles. The Kier molecular flexibility index (Phi) is 9.63. The van der Waals surface area contributed by atoms with Crippen molar-refractivity contribution in [1.82, 2.24) is 30.2 Å². The number of azo groups is 1. The lowest BCUT2D eigenvalue weighted by Gasteiger charge is -2.11. The number of alkyl halides is 1. The molecule has 0 aliphatic rings. The molecule has 3 aromatic heterocycles. The summed E-state index contributed by atoms with van der Waals surface area (Å²) in [6.07, 6.45) is 1.55. The van der Waals surface area contributed by atoms with E-state index in [4.69, 9.17) is 22.1 Å². The summed E-state index contributed by atoms with van der Waals surface area (Å²) < 4.78 is 8.48. The number of imidazole rings is 1. The molecule has 3 heterocycles. The molecule has 252 valence electrons. The molecule has 0 atom stereocenters. The number of urea groups is 1. The van der Waals surface area contributed by atoms with Crippen molar-refractivity contribution in [2.24, 2.45) is 10.2 Å². The third kappa shape index (κ3) is 6.90. The number of benzene rings is 3. The number of aromatic hydroxyl groups is 1. The predicted octanol–water partition coefficient (Wildman–Crippen LogP) is 3.61. The lowest BCUT2D eigenvalue weighted by Crippen LogP contribution is -2.43. The van der Waals surface area contributed by atoms with Gasteiger partial charge in [0.1, 0.15) is 12.4 Å². The Balaban J connectivity index is 1.18. The average Bonchev–Trinajstić information content (AvgIpc) is 3.53. The molecule has 0 saturated carbocycles. The van der Waals surface area contributed by atoms with Gasteiger partial charge in [0.05, 0.1) is 23.3 Å². The molecule has 3 aromatic carbocycles. The summed E-state index contributed by atoms with van der Waals surface area (Å²) in [7, 11) is 0. The van der Waals surface area contributed by atoms with E-state index < -0.39 is 5.69 Å². The molecule has 50 heavy (non-hydrogen) atoms. The molecule has 0 unspecified atom stereocenters. The highest BCUT2D eigenvalue weighted by molar-refractivity contribution is 6.18. The Bertz CT molecular complexity index is 2310. The molecule has 0 saturated heterocycles. The zero-order valence-electron chi connectivity index (χ0n) is 26.0. The number of phenols is 1. The molecule has 0 spiro atoms. The minimum atomic E-state index is -0.481. The van der Waals surface area contributed by atoms with Gasteiger partial charge in [0, 0.05) is 37.6 Å². The number of nitrogens with two attached hydrogens (primary N) is 1. The number of ether oxygens (including phenoxy) is 1. The minimum absolute atomic E-state index is 0.0126. The van der Waals surface area contributed by atoms with Crippen LogP contribution in [0.3, 0.4) is 0 Å². The number of hydrogen-bond donors (Lipinski definition) is 4. The van der Waals surface area contributed by atoms with Crippen molar-refractivity contribution < 1.29 is 24.1 Å². The number of halogens is 1. The van der Waals surface area contributed by atoms with Crippen LogP contribution in [-0.4, -0.2) is 49.6 Å². The summed E-state index contributed by atoms with van der Waals surface area (Å²) in [5, 5.41) is 60.5. The first-order chi connectivity index (χ1) is 24.3. The van der Waals surface area contributed by atoms with Gasteiger partial charge < -0.3 is 41.2 Å². The van der Waals surface area contributed by atoms with Crippen molar-refractivity contribution in [2.45, 2.75) is 13.2 Å². The number of phenolic OH excluding ortho intramolecular Hbond substituents is 1. The van der Waals surface area contributed by atoms with Crippen molar-refractivity contribution in [3.63, 3.8) is 0 Å². The lowest BCUT2D eigenvalue weighted by molar-refractivity contribution is -0.622. The highest BCUT2D eigenvalue weighted by atomic mass is 35.5. The van der Waals surface area contributed by atoms with E-state index in [1.165, 1.54) is 30.3 Å². The number of rotatable bonds is 11. The topological polar surface area (TPSA) is 243 Å². The van der Waals surface area contributed by atoms with Crippen molar-refractivity contribution >= 4 is 57.2 Å². The van der Waals surface area contributed by atoms with E-state index in [0.29, 0.717) is 57.4 Å². The smallest absolute Gasteiger partial charge is 0.369 e. The van der Waals surface area contributed by atoms with Gasteiger partial charge in [-0.05, 0) is 35.9 Å². The monoisotopic (exact) mass is 694 g/mol. The van der Waals surface area contributed by atoms with Crippen molar-refractivity contribution in [1.29, 1.82) is 5.26 Å². The molecular formula is C32H27ClN12O5. The quantitative estimate of drug-likeness (QED) is 0.0664. The first-order valence-corrected chi connectivity index (χ1v) is 15.5. The molecule has 0 bridgehead atoms. The fraction of sp³-hybridized carbons (Fsp3) is 0.156. The molecule has 0 fully saturated rings. The van der Waals surface area contributed by atoms with E-state index >= 15 is 0 Å². The third-order valence-corrected chi connectivity index (χ3v) is 7.51. The number of carbonyl (C=O) groups excluding carboxylic acids is 1. The van der Waals surface area contributed by atoms with E-state index in [2.05, 4.69) is 35.8 Å². The van der Waals surface area contributed by atoms with Crippen molar-refractivity contribution in [2.75, 3.05) is 24.7 Å². The number of hydrogen-bond acceptors (Lipinski definition) is 12. The van der Waals surface area contributed by atoms with Crippen LogP contribution >= 0.6 is 11.6 Å². The SMILES string of the molecule is N#Cc1c(-c2cc(/N=N/c3cccc(COc4nc(N)nc5c4ncn5CCNC(=O)NCCCl)c3)ccc2O)[n+]([O-])c2ccccc2[n+]1[O-]. The van der Waals surface area contributed by atoms with Gasteiger partial charge >= 0.3 is 17.4 Å². The van der Waals surface area contributed by atoms with Crippen LogP contribution in [0.2, 0.25) is 0 Å². The van der Waals surface area contributed by atoms with Gasteiger partial charge in [0.2, 0.25) is 11.8 Å². The Morgan fingerprint density at radius 3 is 2.52 bits per heavy atom. The summed E-state index contributed by atoms with van der Waals surface area (Å²) in [5.41, 5.74) is 7.37. The summed E-state index contributed by atoms with van der Waals surface area (Å²) in [6, 6.07) is 18.6. The zero-order valence-corrected chi connectivity index (χ0v) is 26.8. The largest absolute Gasteiger partial charge is 0.617 e. The van der Waals surface area contributed by atoms with Crippen molar-refractivity contribution in [3.8, 4) is 29.0 Å². The number of nitrogens with one attached hydrogen (secondary N) is 2. The van der Waals surface area contributed by atoms with Gasteiger partial charge in [0.15, 0.2) is 17.2 Å². The Labute approximate surface area is 288 Å². The van der Waals surface area contributed by atoms with Crippen LogP contribution in [0, 0.1) is 21.7 Å². The Morgan fingerprint density at radius 2 is 1.76 bits per heavy atom. The van der Waals surface area contributed by atoms with E-state index in [9.17, 15) is 25.6 Å². The van der Waals surface area contributed by atoms with Gasteiger partial charge in [-0.2, -0.15) is 30.2 Å². The maximum Gasteiger partial charge on any atom is 0.369 e. The molecule has 0 radical (unpaired) electrons. The van der Waals surface area contributed by atoms with Crippen LogP contribution < -0.4 is 30.6 Å². The summed E-state index contributed by atoms with van der Waals surface area (Å²) in [6.45, 7) is 1.09. The van der Waals surface area contributed by atoms with E-state index in [-0.39, 0.29) is 58.2 Å². The number of nitrogen functional groups attached to an aromatic ring is 1. The average molecular weight is 695 g/mol. The van der Waals surface area contributed by atoms with Gasteiger partial charge in [0.25, 0.3) is 11.0 Å². The van der Waals surface area contributed by atoms with E-state index in [0.717, 1.165) is 0 Å². The number of nitrogens with zero attached hydrogens (tertiary/aromatic N) is 9. The highest BCUT2D eigenvalue weighted by Gasteiger charge is 2.31. The standard InChI is InChI=1S/C32H27ClN12O5/c33-10-11-36-32(47)37-12-13-43-18-38-27-29(43)39-31(35)40-30(27)50-17-19-4-3-5-20(14-19)41-42-21-8-9-26(46)22(15-21)28-25(16-34)44(48)23-6-1-2-7-24(23)45(28)49/h1-9,14-15,18,46H,10-13,17H2,(H2,35,39,40)(H2,36,37,47)/b42-41+. The van der Waals surface area contributed by atoms with Crippen LogP contribution in [0.5, 0.6) is 11.6 Å². The second-order valence-electron chi connectivity index (χ2n) is 10.6. The Morgan fingerprint density at radius 1 is 1.02 bits per heavy atom. The minimum Gasteiger partial charge on any atom is -0.617 e. The van der Waals surface area contributed by atoms with E-state index in [1.54, 1.807) is 47.3 Å². The van der Waals surface area contributed by atoms with Crippen molar-refractivity contribution in [3.05, 3.63) is 94.7 Å². The fourth-order valence-electron chi connectivity index (χ4n) is 5.04. The van der Waals surface area contributed by atoms with Crippen LogP contribution in [-0.2, 0) is 13.2 Å². The number of nitriles is 1. The third-order valence-electron chi connectivity index (χ3n) is 7.33. The maximum absolute atomic E-state index is 13.3. The first-order valence-electron chi connectivity index (χ1n) is 15.0. The lowest BCUT2D eigenvalue weighted by atomic mass is 10.1. The fourth-order valence-corrected chi connectivity index (χ4v) is 5.13. The Hall–Kier alpha value is -6.80. The maximum atomic E-state index is 13.3. The number of aromatic nitrogens is 6. The summed E-state index contributed by atoms with van der Waals surface area (Å²) >= 11 is 5.59. The highest BCUT2D eigenvalue weighted by Crippen LogP contribution is 2.33. The van der Waals surface area contributed by atoms with Crippen LogP contribution in [0.4, 0.5) is 22.1 Å². The second-order valence-corrected chi connectivity index (χ2v) is 11.0. The van der Waals surface area contributed by atoms with Crippen LogP contribution in [0.1, 0.15) is 11.3 Å². The van der Waals surface area contributed by atoms with Crippen LogP contribution in [0.15, 0.2) is 83.3 Å². The number of amides is 2. The van der Waals surface area contributed by atoms with Gasteiger partial charge in [-0.25, -0.2) is 9.78 Å². The number of fused-ring (bicyclic) bond motifs is 2. The number of para-hydroxylation sites is 2. The predicted molar refractivity (Wildman–Crippen MR) is 180 cm³/mol. The van der Waals surface area contributed by atoms with E-state index in [1.807, 2.05) is 6.07 Å². The summed E-state index contributed by atoms with van der Waals surface area (Å²) in [4.78, 5) is 24.6. The van der Waals surface area contributed by atoms with Gasteiger partial charge in [-0.1, -0.05) is 24.3 Å².